The van der Waals surface area contributed by atoms with Crippen LogP contribution in [0.3, 0.4) is 0 Å². The third-order valence-corrected chi connectivity index (χ3v) is 8.06. The molecule has 0 heterocycles. The van der Waals surface area contributed by atoms with Gasteiger partial charge in [-0.2, -0.15) is 0 Å². The molecule has 3 rings (SSSR count). The van der Waals surface area contributed by atoms with Gasteiger partial charge in [0, 0.05) is 18.6 Å². The molecule has 0 aromatic heterocycles. The second-order valence-electron chi connectivity index (χ2n) is 9.11. The maximum atomic E-state index is 13.8. The summed E-state index contributed by atoms with van der Waals surface area (Å²) >= 11 is 6.14. The summed E-state index contributed by atoms with van der Waals surface area (Å²) in [5.41, 5.74) is 3.74. The van der Waals surface area contributed by atoms with Crippen LogP contribution >= 0.6 is 11.6 Å². The molecule has 0 aliphatic rings. The molecule has 0 aliphatic carbocycles. The predicted octanol–water partition coefficient (Wildman–Crippen LogP) is 4.62. The van der Waals surface area contributed by atoms with Crippen LogP contribution in [0.25, 0.3) is 0 Å². The van der Waals surface area contributed by atoms with E-state index in [2.05, 4.69) is 5.32 Å². The van der Waals surface area contributed by atoms with Gasteiger partial charge in [-0.1, -0.05) is 47.5 Å². The summed E-state index contributed by atoms with van der Waals surface area (Å²) in [6, 6.07) is 18.0. The number of sulfonamides is 1. The van der Waals surface area contributed by atoms with E-state index in [9.17, 15) is 18.0 Å². The SMILES string of the molecule is CNC(=O)[C@@H](C)N(Cc1cccc(Cl)c1)C(=O)CN(c1cc(C)cc(C)c1)S(=O)(=O)c1ccc(C)cc1. The number of benzene rings is 3. The number of halogens is 1. The number of nitrogens with zero attached hydrogens (tertiary/aromatic N) is 2. The Morgan fingerprint density at radius 2 is 1.54 bits per heavy atom. The van der Waals surface area contributed by atoms with E-state index < -0.39 is 28.5 Å². The van der Waals surface area contributed by atoms with Crippen molar-refractivity contribution >= 4 is 39.1 Å². The Kier molecular flexibility index (Phi) is 8.99. The van der Waals surface area contributed by atoms with E-state index in [1.807, 2.05) is 26.8 Å². The van der Waals surface area contributed by atoms with Crippen LogP contribution in [0.15, 0.2) is 71.6 Å². The first-order chi connectivity index (χ1) is 17.4. The molecule has 7 nitrogen and oxygen atoms in total. The number of carbonyl (C=O) groups is 2. The summed E-state index contributed by atoms with van der Waals surface area (Å²) in [6.07, 6.45) is 0. The molecule has 0 aliphatic heterocycles. The number of likely N-dealkylation sites (N-methyl/N-ethyl adjacent to an activating group) is 1. The van der Waals surface area contributed by atoms with Gasteiger partial charge in [-0.3, -0.25) is 13.9 Å². The van der Waals surface area contributed by atoms with Crippen molar-refractivity contribution in [3.05, 3.63) is 94.0 Å². The van der Waals surface area contributed by atoms with Crippen LogP contribution in [-0.2, 0) is 26.2 Å². The zero-order valence-electron chi connectivity index (χ0n) is 21.7. The van der Waals surface area contributed by atoms with Gasteiger partial charge in [0.2, 0.25) is 11.8 Å². The Bertz CT molecular complexity index is 1370. The highest BCUT2D eigenvalue weighted by Crippen LogP contribution is 2.27. The van der Waals surface area contributed by atoms with E-state index in [1.165, 1.54) is 24.1 Å². The van der Waals surface area contributed by atoms with E-state index in [1.54, 1.807) is 55.5 Å². The second-order valence-corrected chi connectivity index (χ2v) is 11.4. The third-order valence-electron chi connectivity index (χ3n) is 6.04. The molecule has 3 aromatic carbocycles. The molecule has 37 heavy (non-hydrogen) atoms. The average molecular weight is 542 g/mol. The van der Waals surface area contributed by atoms with Gasteiger partial charge in [0.05, 0.1) is 10.6 Å². The predicted molar refractivity (Wildman–Crippen MR) is 147 cm³/mol. The molecule has 1 atom stereocenters. The van der Waals surface area contributed by atoms with Gasteiger partial charge < -0.3 is 10.2 Å². The van der Waals surface area contributed by atoms with Gasteiger partial charge in [-0.15, -0.1) is 0 Å². The topological polar surface area (TPSA) is 86.8 Å². The fourth-order valence-electron chi connectivity index (χ4n) is 4.08. The van der Waals surface area contributed by atoms with Crippen LogP contribution in [0.5, 0.6) is 0 Å². The van der Waals surface area contributed by atoms with Crippen molar-refractivity contribution in [3.8, 4) is 0 Å². The maximum Gasteiger partial charge on any atom is 0.264 e. The number of amides is 2. The molecule has 0 radical (unpaired) electrons. The number of hydrogen-bond acceptors (Lipinski definition) is 4. The highest BCUT2D eigenvalue weighted by atomic mass is 35.5. The largest absolute Gasteiger partial charge is 0.357 e. The van der Waals surface area contributed by atoms with Crippen LogP contribution in [0.4, 0.5) is 5.69 Å². The standard InChI is InChI=1S/C28H32ClN3O4S/c1-19-9-11-26(12-10-19)37(35,36)32(25-14-20(2)13-21(3)15-25)18-27(33)31(22(4)28(34)30-5)17-23-7-6-8-24(29)16-23/h6-16,22H,17-18H2,1-5H3,(H,30,34)/t22-/m1/s1. The first-order valence-electron chi connectivity index (χ1n) is 11.9. The number of hydrogen-bond donors (Lipinski definition) is 1. The Morgan fingerprint density at radius 1 is 0.919 bits per heavy atom. The Balaban J connectivity index is 2.07. The minimum absolute atomic E-state index is 0.0748. The van der Waals surface area contributed by atoms with E-state index in [0.717, 1.165) is 26.6 Å². The van der Waals surface area contributed by atoms with E-state index >= 15 is 0 Å². The number of rotatable bonds is 9. The van der Waals surface area contributed by atoms with Crippen LogP contribution in [0.1, 0.15) is 29.2 Å². The smallest absolute Gasteiger partial charge is 0.264 e. The van der Waals surface area contributed by atoms with Crippen molar-refractivity contribution in [1.82, 2.24) is 10.2 Å². The first kappa shape index (κ1) is 28.2. The van der Waals surface area contributed by atoms with Crippen LogP contribution in [0, 0.1) is 20.8 Å². The molecular weight excluding hydrogens is 510 g/mol. The lowest BCUT2D eigenvalue weighted by molar-refractivity contribution is -0.139. The molecule has 196 valence electrons. The minimum Gasteiger partial charge on any atom is -0.357 e. The molecular formula is C28H32ClN3O4S. The molecule has 3 aromatic rings. The zero-order valence-corrected chi connectivity index (χ0v) is 23.2. The Labute approximate surface area is 224 Å². The third kappa shape index (κ3) is 6.90. The maximum absolute atomic E-state index is 13.8. The molecule has 2 amide bonds. The lowest BCUT2D eigenvalue weighted by Crippen LogP contribution is -2.50. The van der Waals surface area contributed by atoms with Gasteiger partial charge in [0.25, 0.3) is 10.0 Å². The van der Waals surface area contributed by atoms with Crippen molar-refractivity contribution in [2.75, 3.05) is 17.9 Å². The summed E-state index contributed by atoms with van der Waals surface area (Å²) in [7, 11) is -2.61. The minimum atomic E-state index is -4.10. The zero-order chi connectivity index (χ0) is 27.3. The van der Waals surface area contributed by atoms with Gasteiger partial charge in [0.1, 0.15) is 12.6 Å². The Morgan fingerprint density at radius 3 is 2.11 bits per heavy atom. The molecule has 0 bridgehead atoms. The van der Waals surface area contributed by atoms with Crippen molar-refractivity contribution in [1.29, 1.82) is 0 Å². The second kappa shape index (κ2) is 11.8. The molecule has 9 heteroatoms. The molecule has 0 saturated carbocycles. The van der Waals surface area contributed by atoms with Crippen molar-refractivity contribution in [3.63, 3.8) is 0 Å². The summed E-state index contributed by atoms with van der Waals surface area (Å²) in [5.74, 6) is -0.888. The number of anilines is 1. The van der Waals surface area contributed by atoms with Crippen molar-refractivity contribution < 1.29 is 18.0 Å². The summed E-state index contributed by atoms with van der Waals surface area (Å²) in [4.78, 5) is 27.8. The molecule has 0 unspecified atom stereocenters. The lowest BCUT2D eigenvalue weighted by atomic mass is 10.1. The molecule has 1 N–H and O–H groups in total. The molecule has 0 fully saturated rings. The number of aryl methyl sites for hydroxylation is 3. The first-order valence-corrected chi connectivity index (χ1v) is 13.7. The normalized spacial score (nSPS) is 12.1. The van der Waals surface area contributed by atoms with Gasteiger partial charge in [-0.05, 0) is 80.8 Å². The highest BCUT2D eigenvalue weighted by Gasteiger charge is 2.32. The van der Waals surface area contributed by atoms with Gasteiger partial charge in [0.15, 0.2) is 0 Å². The number of nitrogens with one attached hydrogen (secondary N) is 1. The van der Waals surface area contributed by atoms with E-state index in [4.69, 9.17) is 11.6 Å². The van der Waals surface area contributed by atoms with Crippen molar-refractivity contribution in [2.24, 2.45) is 0 Å². The average Bonchev–Trinajstić information content (AvgIpc) is 2.84. The van der Waals surface area contributed by atoms with Gasteiger partial charge in [-0.25, -0.2) is 8.42 Å². The van der Waals surface area contributed by atoms with Crippen LogP contribution in [0.2, 0.25) is 5.02 Å². The molecule has 0 spiro atoms. The Hall–Kier alpha value is -3.36. The molecule has 0 saturated heterocycles. The van der Waals surface area contributed by atoms with Gasteiger partial charge >= 0.3 is 0 Å². The number of carbonyl (C=O) groups excluding carboxylic acids is 2. The van der Waals surface area contributed by atoms with Crippen molar-refractivity contribution in [2.45, 2.75) is 45.2 Å². The van der Waals surface area contributed by atoms with E-state index in [-0.39, 0.29) is 17.3 Å². The fourth-order valence-corrected chi connectivity index (χ4v) is 5.70. The van der Waals surface area contributed by atoms with E-state index in [0.29, 0.717) is 10.7 Å². The summed E-state index contributed by atoms with van der Waals surface area (Å²) in [6.45, 7) is 6.81. The highest BCUT2D eigenvalue weighted by molar-refractivity contribution is 7.92. The quantitative estimate of drug-likeness (QED) is 0.428. The summed E-state index contributed by atoms with van der Waals surface area (Å²) in [5, 5.41) is 3.06. The monoisotopic (exact) mass is 541 g/mol. The fraction of sp³-hybridized carbons (Fsp3) is 0.286. The van der Waals surface area contributed by atoms with Crippen LogP contribution in [-0.4, -0.2) is 44.8 Å². The van der Waals surface area contributed by atoms with Crippen LogP contribution < -0.4 is 9.62 Å². The lowest BCUT2D eigenvalue weighted by Gasteiger charge is -2.32. The summed E-state index contributed by atoms with van der Waals surface area (Å²) < 4.78 is 28.8.